The maximum absolute atomic E-state index is 13.9. The number of hydrogen-bond acceptors (Lipinski definition) is 5. The zero-order valence-corrected chi connectivity index (χ0v) is 13.4. The molecule has 9 heteroatoms. The van der Waals surface area contributed by atoms with Crippen molar-refractivity contribution in [1.82, 2.24) is 34.5 Å². The summed E-state index contributed by atoms with van der Waals surface area (Å²) >= 11 is 0. The van der Waals surface area contributed by atoms with Gasteiger partial charge in [-0.3, -0.25) is 14.8 Å². The van der Waals surface area contributed by atoms with Gasteiger partial charge in [-0.15, -0.1) is 0 Å². The molecule has 2 atom stereocenters. The Hall–Kier alpha value is -2.00. The number of H-pyrrole nitrogens is 2. The monoisotopic (exact) mass is 323 g/mol. The number of likely N-dealkylation sites (N-methyl/N-ethyl adjacent to an activating group) is 1. The minimum absolute atomic E-state index is 0.123. The number of rotatable bonds is 6. The topological polar surface area (TPSA) is 85.8 Å². The van der Waals surface area contributed by atoms with E-state index in [-0.39, 0.29) is 11.7 Å². The Labute approximate surface area is 133 Å². The molecule has 0 aliphatic carbocycles. The molecule has 1 aliphatic rings. The second-order valence-electron chi connectivity index (χ2n) is 6.19. The molecule has 23 heavy (non-hydrogen) atoms. The van der Waals surface area contributed by atoms with Crippen LogP contribution in [0.25, 0.3) is 0 Å². The van der Waals surface area contributed by atoms with Crippen LogP contribution in [0.1, 0.15) is 18.1 Å². The van der Waals surface area contributed by atoms with E-state index >= 15 is 0 Å². The van der Waals surface area contributed by atoms with Gasteiger partial charge in [0.2, 0.25) is 0 Å². The van der Waals surface area contributed by atoms with E-state index in [2.05, 4.69) is 25.1 Å². The number of imidazole rings is 1. The van der Waals surface area contributed by atoms with Gasteiger partial charge in [-0.05, 0) is 13.5 Å². The molecule has 2 aromatic rings. The fourth-order valence-electron chi connectivity index (χ4n) is 3.10. The van der Waals surface area contributed by atoms with Crippen LogP contribution in [0.15, 0.2) is 17.2 Å². The van der Waals surface area contributed by atoms with Gasteiger partial charge in [-0.1, -0.05) is 0 Å². The first-order chi connectivity index (χ1) is 11.0. The maximum Gasteiger partial charge on any atom is 0.340 e. The number of halogens is 1. The van der Waals surface area contributed by atoms with E-state index < -0.39 is 6.17 Å². The number of aromatic nitrogens is 5. The molecule has 3 rings (SSSR count). The van der Waals surface area contributed by atoms with E-state index in [4.69, 9.17) is 0 Å². The smallest absolute Gasteiger partial charge is 0.337 e. The van der Waals surface area contributed by atoms with Gasteiger partial charge in [-0.25, -0.2) is 19.3 Å². The molecule has 0 aromatic carbocycles. The molecule has 1 fully saturated rings. The van der Waals surface area contributed by atoms with Crippen LogP contribution < -0.4 is 5.69 Å². The van der Waals surface area contributed by atoms with Crippen molar-refractivity contribution in [2.45, 2.75) is 31.7 Å². The summed E-state index contributed by atoms with van der Waals surface area (Å²) in [6.45, 7) is 2.30. The van der Waals surface area contributed by atoms with Crippen LogP contribution in [0.2, 0.25) is 0 Å². The number of aromatic amines is 2. The van der Waals surface area contributed by atoms with Gasteiger partial charge < -0.3 is 4.57 Å². The van der Waals surface area contributed by atoms with E-state index in [1.54, 1.807) is 6.20 Å². The van der Waals surface area contributed by atoms with Crippen molar-refractivity contribution in [3.05, 3.63) is 34.5 Å². The Morgan fingerprint density at radius 3 is 3.00 bits per heavy atom. The second kappa shape index (κ2) is 6.63. The molecule has 126 valence electrons. The van der Waals surface area contributed by atoms with E-state index in [0.717, 1.165) is 5.82 Å². The van der Waals surface area contributed by atoms with Gasteiger partial charge in [0.15, 0.2) is 0 Å². The first kappa shape index (κ1) is 15.9. The molecule has 0 unspecified atom stereocenters. The van der Waals surface area contributed by atoms with Crippen LogP contribution >= 0.6 is 0 Å². The highest BCUT2D eigenvalue weighted by atomic mass is 19.1. The SMILES string of the molecule is CN(Cc1n[nH]c(=O)[nH]1)C[C@@H]1C[C@H](F)CN1Cc1nccn1C. The molecule has 8 nitrogen and oxygen atoms in total. The van der Waals surface area contributed by atoms with Crippen molar-refractivity contribution in [2.75, 3.05) is 20.1 Å². The zero-order valence-electron chi connectivity index (χ0n) is 13.4. The molecular weight excluding hydrogens is 301 g/mol. The van der Waals surface area contributed by atoms with Crippen LogP contribution in [0.3, 0.4) is 0 Å². The molecule has 0 radical (unpaired) electrons. The molecule has 1 aliphatic heterocycles. The zero-order chi connectivity index (χ0) is 16.4. The van der Waals surface area contributed by atoms with Gasteiger partial charge in [0, 0.05) is 38.6 Å². The van der Waals surface area contributed by atoms with E-state index in [1.807, 2.05) is 29.8 Å². The van der Waals surface area contributed by atoms with Crippen molar-refractivity contribution in [1.29, 1.82) is 0 Å². The Kier molecular flexibility index (Phi) is 4.58. The van der Waals surface area contributed by atoms with E-state index in [9.17, 15) is 9.18 Å². The number of nitrogens with one attached hydrogen (secondary N) is 2. The predicted molar refractivity (Wildman–Crippen MR) is 82.5 cm³/mol. The van der Waals surface area contributed by atoms with Crippen LogP contribution in [-0.2, 0) is 20.1 Å². The van der Waals surface area contributed by atoms with E-state index in [0.29, 0.717) is 38.4 Å². The molecule has 1 saturated heterocycles. The van der Waals surface area contributed by atoms with Crippen molar-refractivity contribution in [3.63, 3.8) is 0 Å². The highest BCUT2D eigenvalue weighted by Gasteiger charge is 2.33. The first-order valence-corrected chi connectivity index (χ1v) is 7.67. The minimum Gasteiger partial charge on any atom is -0.337 e. The lowest BCUT2D eigenvalue weighted by Crippen LogP contribution is -2.38. The van der Waals surface area contributed by atoms with Crippen LogP contribution in [0.5, 0.6) is 0 Å². The normalized spacial score (nSPS) is 22.3. The van der Waals surface area contributed by atoms with Gasteiger partial charge in [0.25, 0.3) is 0 Å². The van der Waals surface area contributed by atoms with Gasteiger partial charge in [0.1, 0.15) is 17.8 Å². The fraction of sp³-hybridized carbons (Fsp3) is 0.643. The number of hydrogen-bond donors (Lipinski definition) is 2. The molecule has 2 N–H and O–H groups in total. The van der Waals surface area contributed by atoms with E-state index in [1.165, 1.54) is 0 Å². The number of nitrogens with zero attached hydrogens (tertiary/aromatic N) is 5. The van der Waals surface area contributed by atoms with Crippen molar-refractivity contribution < 1.29 is 4.39 Å². The molecular formula is C14H22FN7O. The third-order valence-electron chi connectivity index (χ3n) is 4.23. The largest absolute Gasteiger partial charge is 0.340 e. The first-order valence-electron chi connectivity index (χ1n) is 7.67. The summed E-state index contributed by atoms with van der Waals surface area (Å²) in [6, 6.07) is 0.123. The predicted octanol–water partition coefficient (Wildman–Crippen LogP) is -0.124. The highest BCUT2D eigenvalue weighted by Crippen LogP contribution is 2.23. The molecule has 3 heterocycles. The average molecular weight is 323 g/mol. The second-order valence-corrected chi connectivity index (χ2v) is 6.19. The summed E-state index contributed by atoms with van der Waals surface area (Å²) in [7, 11) is 3.89. The van der Waals surface area contributed by atoms with Gasteiger partial charge in [0.05, 0.1) is 13.1 Å². The Morgan fingerprint density at radius 2 is 2.35 bits per heavy atom. The van der Waals surface area contributed by atoms with Crippen molar-refractivity contribution in [3.8, 4) is 0 Å². The molecule has 0 spiro atoms. The van der Waals surface area contributed by atoms with Gasteiger partial charge in [-0.2, -0.15) is 5.10 Å². The highest BCUT2D eigenvalue weighted by molar-refractivity contribution is 4.96. The fourth-order valence-corrected chi connectivity index (χ4v) is 3.10. The summed E-state index contributed by atoms with van der Waals surface area (Å²) in [5.41, 5.74) is -0.311. The maximum atomic E-state index is 13.9. The number of likely N-dealkylation sites (tertiary alicyclic amines) is 1. The third-order valence-corrected chi connectivity index (χ3v) is 4.23. The van der Waals surface area contributed by atoms with Crippen molar-refractivity contribution >= 4 is 0 Å². The molecule has 0 bridgehead atoms. The summed E-state index contributed by atoms with van der Waals surface area (Å²) in [5.74, 6) is 1.52. The number of alkyl halides is 1. The van der Waals surface area contributed by atoms with Crippen LogP contribution in [0.4, 0.5) is 4.39 Å². The standard InChI is InChI=1S/C14H22FN7O/c1-20(8-12-17-14(23)19-18-12)7-11-5-10(15)6-22(11)9-13-16-3-4-21(13)2/h3-4,10-11H,5-9H2,1-2H3,(H2,17,18,19,23)/t10-,11-/m0/s1. The summed E-state index contributed by atoms with van der Waals surface area (Å²) in [4.78, 5) is 22.2. The Balaban J connectivity index is 1.60. The molecule has 0 amide bonds. The minimum atomic E-state index is -0.807. The van der Waals surface area contributed by atoms with Gasteiger partial charge >= 0.3 is 5.69 Å². The lowest BCUT2D eigenvalue weighted by molar-refractivity contribution is 0.174. The van der Waals surface area contributed by atoms with Crippen LogP contribution in [0, 0.1) is 0 Å². The Morgan fingerprint density at radius 1 is 1.52 bits per heavy atom. The lowest BCUT2D eigenvalue weighted by atomic mass is 10.2. The third kappa shape index (κ3) is 3.85. The Bertz CT molecular complexity index is 693. The molecule has 2 aromatic heterocycles. The quantitative estimate of drug-likeness (QED) is 0.774. The summed E-state index contributed by atoms with van der Waals surface area (Å²) < 4.78 is 15.8. The lowest BCUT2D eigenvalue weighted by Gasteiger charge is -2.27. The van der Waals surface area contributed by atoms with Crippen LogP contribution in [-0.4, -0.2) is 66.9 Å². The summed E-state index contributed by atoms with van der Waals surface area (Å²) in [6.07, 6.45) is 3.37. The summed E-state index contributed by atoms with van der Waals surface area (Å²) in [5, 5.41) is 6.25. The average Bonchev–Trinajstić information content (AvgIpc) is 3.15. The molecule has 0 saturated carbocycles. The number of aryl methyl sites for hydroxylation is 1. The van der Waals surface area contributed by atoms with Crippen molar-refractivity contribution in [2.24, 2.45) is 7.05 Å².